The van der Waals surface area contributed by atoms with Crippen molar-refractivity contribution in [2.75, 3.05) is 18.6 Å². The smallest absolute Gasteiger partial charge is 0.208 e. The van der Waals surface area contributed by atoms with Crippen LogP contribution in [0, 0.1) is 13.8 Å². The molecule has 1 N–H and O–H groups in total. The molecule has 0 aromatic carbocycles. The molecule has 1 aromatic rings. The summed E-state index contributed by atoms with van der Waals surface area (Å²) in [5.41, 5.74) is 0.997. The van der Waals surface area contributed by atoms with Crippen molar-refractivity contribution in [2.45, 2.75) is 39.7 Å². The summed E-state index contributed by atoms with van der Waals surface area (Å²) in [6, 6.07) is 0. The average molecular weight is 242 g/mol. The van der Waals surface area contributed by atoms with E-state index in [0.29, 0.717) is 0 Å². The molecule has 0 unspecified atom stereocenters. The molecule has 1 aromatic heterocycles. The summed E-state index contributed by atoms with van der Waals surface area (Å²) in [5.74, 6) is 3.01. The van der Waals surface area contributed by atoms with E-state index in [1.165, 1.54) is 25.0 Å². The quantitative estimate of drug-likeness (QED) is 0.711. The molecule has 0 amide bonds. The van der Waals surface area contributed by atoms with Crippen molar-refractivity contribution in [3.05, 3.63) is 17.3 Å². The first-order valence-corrected chi connectivity index (χ1v) is 7.26. The van der Waals surface area contributed by atoms with Gasteiger partial charge in [0, 0.05) is 0 Å². The average Bonchev–Trinajstić information content (AvgIpc) is 2.57. The van der Waals surface area contributed by atoms with Crippen LogP contribution in [0.5, 0.6) is 0 Å². The fourth-order valence-electron chi connectivity index (χ4n) is 1.48. The summed E-state index contributed by atoms with van der Waals surface area (Å²) >= 11 is 1.92. The maximum absolute atomic E-state index is 5.48. The molecule has 0 atom stereocenters. The molecule has 1 heterocycles. The molecule has 0 fully saturated rings. The summed E-state index contributed by atoms with van der Waals surface area (Å²) in [5, 5.41) is 3.36. The zero-order valence-corrected chi connectivity index (χ0v) is 11.3. The van der Waals surface area contributed by atoms with Gasteiger partial charge in [0.1, 0.15) is 5.76 Å². The highest BCUT2D eigenvalue weighted by Crippen LogP contribution is 2.07. The van der Waals surface area contributed by atoms with Gasteiger partial charge in [0.05, 0.1) is 12.2 Å². The van der Waals surface area contributed by atoms with Crippen molar-refractivity contribution in [1.82, 2.24) is 10.3 Å². The van der Waals surface area contributed by atoms with E-state index in [-0.39, 0.29) is 0 Å². The van der Waals surface area contributed by atoms with E-state index in [4.69, 9.17) is 4.42 Å². The molecule has 16 heavy (non-hydrogen) atoms. The second-order valence-corrected chi connectivity index (χ2v) is 4.97. The van der Waals surface area contributed by atoms with Gasteiger partial charge in [-0.25, -0.2) is 4.98 Å². The number of oxazole rings is 1. The Kier molecular flexibility index (Phi) is 6.57. The third kappa shape index (κ3) is 5.03. The zero-order valence-electron chi connectivity index (χ0n) is 10.5. The lowest BCUT2D eigenvalue weighted by Crippen LogP contribution is -2.14. The second-order valence-electron chi connectivity index (χ2n) is 3.98. The highest BCUT2D eigenvalue weighted by Gasteiger charge is 2.03. The van der Waals surface area contributed by atoms with Crippen LogP contribution in [0.3, 0.4) is 0 Å². The summed E-state index contributed by atoms with van der Waals surface area (Å²) < 4.78 is 5.48. The minimum absolute atomic E-state index is 0.747. The largest absolute Gasteiger partial charge is 0.444 e. The van der Waals surface area contributed by atoms with Crippen molar-refractivity contribution >= 4 is 11.8 Å². The van der Waals surface area contributed by atoms with Crippen LogP contribution in [0.4, 0.5) is 0 Å². The Balaban J connectivity index is 2.03. The highest BCUT2D eigenvalue weighted by molar-refractivity contribution is 7.98. The van der Waals surface area contributed by atoms with Gasteiger partial charge in [-0.3, -0.25) is 0 Å². The molecule has 0 radical (unpaired) electrons. The first kappa shape index (κ1) is 13.6. The van der Waals surface area contributed by atoms with Gasteiger partial charge in [-0.15, -0.1) is 0 Å². The molecule has 0 spiro atoms. The number of rotatable bonds is 8. The minimum atomic E-state index is 0.747. The monoisotopic (exact) mass is 242 g/mol. The molecular formula is C12H22N2OS. The summed E-state index contributed by atoms with van der Waals surface area (Å²) in [4.78, 5) is 4.32. The van der Waals surface area contributed by atoms with Crippen LogP contribution in [0.15, 0.2) is 4.42 Å². The van der Waals surface area contributed by atoms with Crippen molar-refractivity contribution in [3.63, 3.8) is 0 Å². The standard InChI is InChI=1S/C12H22N2OS/c1-10-11(2)15-12(14-10)9-13-7-5-4-6-8-16-3/h13H,4-9H2,1-3H3. The topological polar surface area (TPSA) is 38.1 Å². The fraction of sp³-hybridized carbons (Fsp3) is 0.750. The van der Waals surface area contributed by atoms with Crippen molar-refractivity contribution in [1.29, 1.82) is 0 Å². The van der Waals surface area contributed by atoms with Gasteiger partial charge < -0.3 is 9.73 Å². The summed E-state index contributed by atoms with van der Waals surface area (Å²) in [6.45, 7) is 5.73. The minimum Gasteiger partial charge on any atom is -0.444 e. The Hall–Kier alpha value is -0.480. The van der Waals surface area contributed by atoms with Gasteiger partial charge in [-0.05, 0) is 45.2 Å². The molecule has 1 rings (SSSR count). The summed E-state index contributed by atoms with van der Waals surface area (Å²) in [7, 11) is 0. The normalized spacial score (nSPS) is 10.9. The lowest BCUT2D eigenvalue weighted by molar-refractivity contribution is 0.446. The number of thioether (sulfide) groups is 1. The number of hydrogen-bond donors (Lipinski definition) is 1. The predicted molar refractivity (Wildman–Crippen MR) is 69.9 cm³/mol. The van der Waals surface area contributed by atoms with Crippen LogP contribution in [-0.2, 0) is 6.54 Å². The molecule has 92 valence electrons. The molecule has 0 saturated heterocycles. The van der Waals surface area contributed by atoms with Crippen LogP contribution in [0.2, 0.25) is 0 Å². The van der Waals surface area contributed by atoms with Gasteiger partial charge in [0.2, 0.25) is 5.89 Å². The molecule has 0 bridgehead atoms. The summed E-state index contributed by atoms with van der Waals surface area (Å²) in [6.07, 6.45) is 6.02. The number of aromatic nitrogens is 1. The number of hydrogen-bond acceptors (Lipinski definition) is 4. The third-order valence-electron chi connectivity index (χ3n) is 2.55. The fourth-order valence-corrected chi connectivity index (χ4v) is 1.98. The lowest BCUT2D eigenvalue weighted by atomic mass is 10.2. The Morgan fingerprint density at radius 1 is 1.25 bits per heavy atom. The van der Waals surface area contributed by atoms with E-state index in [2.05, 4.69) is 16.6 Å². The number of nitrogens with zero attached hydrogens (tertiary/aromatic N) is 1. The van der Waals surface area contributed by atoms with Gasteiger partial charge in [0.15, 0.2) is 0 Å². The van der Waals surface area contributed by atoms with Crippen LogP contribution in [0.25, 0.3) is 0 Å². The molecular weight excluding hydrogens is 220 g/mol. The number of aryl methyl sites for hydroxylation is 2. The second kappa shape index (κ2) is 7.74. The van der Waals surface area contributed by atoms with Crippen LogP contribution in [0.1, 0.15) is 36.6 Å². The lowest BCUT2D eigenvalue weighted by Gasteiger charge is -2.01. The van der Waals surface area contributed by atoms with E-state index in [1.54, 1.807) is 0 Å². The number of nitrogens with one attached hydrogen (secondary N) is 1. The van der Waals surface area contributed by atoms with Gasteiger partial charge in [0.25, 0.3) is 0 Å². The van der Waals surface area contributed by atoms with E-state index in [1.807, 2.05) is 25.6 Å². The van der Waals surface area contributed by atoms with Crippen LogP contribution in [-0.4, -0.2) is 23.5 Å². The van der Waals surface area contributed by atoms with E-state index >= 15 is 0 Å². The molecule has 0 saturated carbocycles. The predicted octanol–water partition coefficient (Wildman–Crippen LogP) is 2.91. The van der Waals surface area contributed by atoms with Gasteiger partial charge >= 0.3 is 0 Å². The first-order chi connectivity index (χ1) is 7.74. The Labute approximate surface area is 102 Å². The molecule has 0 aliphatic heterocycles. The Bertz CT molecular complexity index is 280. The van der Waals surface area contributed by atoms with Gasteiger partial charge in [-0.1, -0.05) is 6.42 Å². The zero-order chi connectivity index (χ0) is 11.8. The van der Waals surface area contributed by atoms with E-state index in [0.717, 1.165) is 30.4 Å². The van der Waals surface area contributed by atoms with Crippen molar-refractivity contribution in [2.24, 2.45) is 0 Å². The molecule has 0 aliphatic rings. The Morgan fingerprint density at radius 2 is 2.06 bits per heavy atom. The SMILES string of the molecule is CSCCCCCNCc1nc(C)c(C)o1. The van der Waals surface area contributed by atoms with Gasteiger partial charge in [-0.2, -0.15) is 11.8 Å². The molecule has 3 nitrogen and oxygen atoms in total. The molecule has 0 aliphatic carbocycles. The third-order valence-corrected chi connectivity index (χ3v) is 3.25. The van der Waals surface area contributed by atoms with Crippen molar-refractivity contribution in [3.8, 4) is 0 Å². The maximum atomic E-state index is 5.48. The Morgan fingerprint density at radius 3 is 2.69 bits per heavy atom. The van der Waals surface area contributed by atoms with Crippen molar-refractivity contribution < 1.29 is 4.42 Å². The van der Waals surface area contributed by atoms with Crippen LogP contribution >= 0.6 is 11.8 Å². The van der Waals surface area contributed by atoms with E-state index < -0.39 is 0 Å². The highest BCUT2D eigenvalue weighted by atomic mass is 32.2. The first-order valence-electron chi connectivity index (χ1n) is 5.86. The van der Waals surface area contributed by atoms with E-state index in [9.17, 15) is 0 Å². The van der Waals surface area contributed by atoms with Crippen LogP contribution < -0.4 is 5.32 Å². The molecule has 4 heteroatoms. The maximum Gasteiger partial charge on any atom is 0.208 e. The number of unbranched alkanes of at least 4 members (excludes halogenated alkanes) is 2.